The lowest BCUT2D eigenvalue weighted by Crippen LogP contribution is -2.38. The van der Waals surface area contributed by atoms with Crippen LogP contribution in [0.4, 0.5) is 18.0 Å². The van der Waals surface area contributed by atoms with Gasteiger partial charge in [0.15, 0.2) is 5.81 Å². The second-order valence-electron chi connectivity index (χ2n) is 7.62. The highest BCUT2D eigenvalue weighted by Gasteiger charge is 2.43. The highest BCUT2D eigenvalue weighted by atomic mass is 35.5. The zero-order chi connectivity index (χ0) is 25.0. The van der Waals surface area contributed by atoms with Crippen LogP contribution in [0.15, 0.2) is 36.4 Å². The fraction of sp³-hybridized carbons (Fsp3) is 0.273. The summed E-state index contributed by atoms with van der Waals surface area (Å²) in [6.07, 6.45) is 0.306. The molecule has 1 heterocycles. The zero-order valence-corrected chi connectivity index (χ0v) is 18.4. The molecule has 1 aliphatic heterocycles. The van der Waals surface area contributed by atoms with Gasteiger partial charge in [0.25, 0.3) is 11.8 Å². The molecule has 0 spiro atoms. The van der Waals surface area contributed by atoms with Crippen molar-refractivity contribution in [2.24, 2.45) is 0 Å². The van der Waals surface area contributed by atoms with E-state index in [1.165, 1.54) is 17.0 Å². The maximum Gasteiger partial charge on any atom is 0.352 e. The molecule has 0 atom stereocenters. The van der Waals surface area contributed by atoms with E-state index in [1.807, 2.05) is 5.32 Å². The van der Waals surface area contributed by atoms with Crippen molar-refractivity contribution in [3.05, 3.63) is 69.5 Å². The van der Waals surface area contributed by atoms with Crippen LogP contribution in [0.3, 0.4) is 0 Å². The largest absolute Gasteiger partial charge is 0.352 e. The van der Waals surface area contributed by atoms with E-state index in [2.05, 4.69) is 5.32 Å². The van der Waals surface area contributed by atoms with Crippen molar-refractivity contribution in [1.82, 2.24) is 15.5 Å². The van der Waals surface area contributed by atoms with Gasteiger partial charge in [0.1, 0.15) is 5.82 Å². The van der Waals surface area contributed by atoms with Crippen LogP contribution < -0.4 is 10.6 Å². The van der Waals surface area contributed by atoms with Crippen LogP contribution in [0.25, 0.3) is 0 Å². The number of rotatable bonds is 8. The fourth-order valence-corrected chi connectivity index (χ4v) is 3.67. The third-order valence-electron chi connectivity index (χ3n) is 5.15. The maximum absolute atomic E-state index is 14.4. The summed E-state index contributed by atoms with van der Waals surface area (Å²) in [5.74, 6) is -8.85. The van der Waals surface area contributed by atoms with Crippen LogP contribution in [-0.2, 0) is 28.6 Å². The van der Waals surface area contributed by atoms with E-state index >= 15 is 0 Å². The monoisotopic (exact) mass is 491 g/mol. The number of amides is 4. The van der Waals surface area contributed by atoms with Gasteiger partial charge >= 0.3 is 5.92 Å². The molecule has 1 aliphatic rings. The predicted octanol–water partition coefficient (Wildman–Crippen LogP) is 3.03. The number of carbonyl (C=O) groups is 4. The number of nitrogens with zero attached hydrogens (tertiary/aromatic N) is 1. The molecular formula is C22H18BClF3N3O4. The second-order valence-corrected chi connectivity index (χ2v) is 8.05. The Morgan fingerprint density at radius 1 is 1.15 bits per heavy atom. The van der Waals surface area contributed by atoms with Gasteiger partial charge < -0.3 is 15.5 Å². The predicted molar refractivity (Wildman–Crippen MR) is 117 cm³/mol. The van der Waals surface area contributed by atoms with Crippen LogP contribution in [-0.4, -0.2) is 42.8 Å². The van der Waals surface area contributed by atoms with Crippen molar-refractivity contribution in [1.29, 1.82) is 0 Å². The SMILES string of the molecule is [B]C(=O)NC(=O)CCCN1Cc2cc(CNC(=O)C(F)(F)c3ccc(Cl)cc3F)ccc2C1=O. The molecular weight excluding hydrogens is 474 g/mol. The van der Waals surface area contributed by atoms with Crippen LogP contribution >= 0.6 is 11.6 Å². The summed E-state index contributed by atoms with van der Waals surface area (Å²) in [4.78, 5) is 48.2. The summed E-state index contributed by atoms with van der Waals surface area (Å²) in [6, 6.07) is 7.16. The van der Waals surface area contributed by atoms with Crippen LogP contribution in [0, 0.1) is 5.82 Å². The van der Waals surface area contributed by atoms with Crippen LogP contribution in [0.5, 0.6) is 0 Å². The number of hydrogen-bond acceptors (Lipinski definition) is 4. The van der Waals surface area contributed by atoms with Gasteiger partial charge in [-0.1, -0.05) is 23.7 Å². The normalized spacial score (nSPS) is 12.9. The molecule has 12 heteroatoms. The molecule has 0 bridgehead atoms. The molecule has 34 heavy (non-hydrogen) atoms. The number of benzene rings is 2. The average molecular weight is 492 g/mol. The minimum atomic E-state index is -4.11. The molecule has 2 aromatic carbocycles. The lowest BCUT2D eigenvalue weighted by atomic mass is 10.1. The average Bonchev–Trinajstić information content (AvgIpc) is 3.06. The first-order chi connectivity index (χ1) is 16.0. The summed E-state index contributed by atoms with van der Waals surface area (Å²) in [5, 5.41) is 3.95. The van der Waals surface area contributed by atoms with Gasteiger partial charge in [-0.3, -0.25) is 19.2 Å². The van der Waals surface area contributed by atoms with Crippen LogP contribution in [0.2, 0.25) is 5.02 Å². The van der Waals surface area contributed by atoms with E-state index in [-0.39, 0.29) is 37.0 Å². The number of nitrogens with one attached hydrogen (secondary N) is 2. The van der Waals surface area contributed by atoms with E-state index in [1.54, 1.807) is 6.07 Å². The first-order valence-electron chi connectivity index (χ1n) is 10.1. The fourth-order valence-electron chi connectivity index (χ4n) is 3.52. The van der Waals surface area contributed by atoms with Crippen molar-refractivity contribution in [3.63, 3.8) is 0 Å². The van der Waals surface area contributed by atoms with Gasteiger partial charge in [-0.15, -0.1) is 0 Å². The van der Waals surface area contributed by atoms with E-state index in [0.29, 0.717) is 29.2 Å². The highest BCUT2D eigenvalue weighted by molar-refractivity contribution is 6.58. The lowest BCUT2D eigenvalue weighted by Gasteiger charge is -2.17. The summed E-state index contributed by atoms with van der Waals surface area (Å²) >= 11 is 5.57. The maximum atomic E-state index is 14.4. The zero-order valence-electron chi connectivity index (χ0n) is 17.7. The van der Waals surface area contributed by atoms with Crippen molar-refractivity contribution in [2.45, 2.75) is 31.9 Å². The highest BCUT2D eigenvalue weighted by Crippen LogP contribution is 2.32. The Hall–Kier alpha value is -3.34. The molecule has 0 unspecified atom stereocenters. The molecule has 4 amide bonds. The Labute approximate surface area is 199 Å². The van der Waals surface area contributed by atoms with Gasteiger partial charge in [0.2, 0.25) is 13.8 Å². The third-order valence-corrected chi connectivity index (χ3v) is 5.39. The standard InChI is InChI=1S/C22H18BClF3N3O4/c23-21(34)29-18(31)2-1-7-30-11-13-8-12(3-5-15(13)19(30)32)10-28-20(33)22(26,27)16-6-4-14(24)9-17(16)25/h3-6,8-9H,1-2,7,10-11H2,(H,28,33)(H,29,31,34). The second kappa shape index (κ2) is 10.3. The topological polar surface area (TPSA) is 95.6 Å². The molecule has 176 valence electrons. The minimum Gasteiger partial charge on any atom is -0.346 e. The Kier molecular flexibility index (Phi) is 7.66. The Morgan fingerprint density at radius 2 is 1.88 bits per heavy atom. The van der Waals surface area contributed by atoms with Crippen molar-refractivity contribution in [2.75, 3.05) is 6.54 Å². The third kappa shape index (κ3) is 5.77. The quantitative estimate of drug-likeness (QED) is 0.555. The lowest BCUT2D eigenvalue weighted by molar-refractivity contribution is -0.147. The molecule has 0 fully saturated rings. The first-order valence-corrected chi connectivity index (χ1v) is 10.5. The Bertz CT molecular complexity index is 1160. The van der Waals surface area contributed by atoms with Gasteiger partial charge in [-0.05, 0) is 41.8 Å². The van der Waals surface area contributed by atoms with Crippen LogP contribution in [0.1, 0.15) is 39.9 Å². The molecule has 0 aliphatic carbocycles. The van der Waals surface area contributed by atoms with E-state index in [0.717, 1.165) is 12.1 Å². The Morgan fingerprint density at radius 3 is 2.56 bits per heavy atom. The number of fused-ring (bicyclic) bond motifs is 1. The first kappa shape index (κ1) is 25.3. The number of carbonyl (C=O) groups excluding carboxylic acids is 4. The summed E-state index contributed by atoms with van der Waals surface area (Å²) in [6.45, 7) is 0.225. The number of halogens is 4. The van der Waals surface area contributed by atoms with Gasteiger partial charge in [0, 0.05) is 36.6 Å². The Balaban J connectivity index is 1.58. The van der Waals surface area contributed by atoms with E-state index in [9.17, 15) is 32.3 Å². The number of hydrogen-bond donors (Lipinski definition) is 2. The smallest absolute Gasteiger partial charge is 0.346 e. The van der Waals surface area contributed by atoms with Gasteiger partial charge in [-0.25, -0.2) is 4.39 Å². The molecule has 2 N–H and O–H groups in total. The molecule has 3 rings (SSSR count). The van der Waals surface area contributed by atoms with E-state index in [4.69, 9.17) is 19.4 Å². The number of alkyl halides is 2. The summed E-state index contributed by atoms with van der Waals surface area (Å²) in [5.41, 5.74) is 0.433. The summed E-state index contributed by atoms with van der Waals surface area (Å²) < 4.78 is 42.7. The van der Waals surface area contributed by atoms with Crippen molar-refractivity contribution < 1.29 is 32.3 Å². The molecule has 0 aromatic heterocycles. The minimum absolute atomic E-state index is 0.00275. The summed E-state index contributed by atoms with van der Waals surface area (Å²) in [7, 11) is 4.86. The van der Waals surface area contributed by atoms with E-state index < -0.39 is 34.9 Å². The molecule has 7 nitrogen and oxygen atoms in total. The molecule has 2 aromatic rings. The molecule has 0 saturated heterocycles. The molecule has 0 saturated carbocycles. The molecule has 2 radical (unpaired) electrons. The van der Waals surface area contributed by atoms with Crippen molar-refractivity contribution in [3.8, 4) is 0 Å². The van der Waals surface area contributed by atoms with Crippen molar-refractivity contribution >= 4 is 43.0 Å². The van der Waals surface area contributed by atoms with Gasteiger partial charge in [0.05, 0.1) is 5.56 Å². The van der Waals surface area contributed by atoms with Gasteiger partial charge in [-0.2, -0.15) is 8.78 Å². The number of imide groups is 1.